The minimum absolute atomic E-state index is 0.0621. The van der Waals surface area contributed by atoms with Gasteiger partial charge in [-0.2, -0.15) is 0 Å². The van der Waals surface area contributed by atoms with E-state index in [0.717, 1.165) is 12.8 Å². The van der Waals surface area contributed by atoms with Gasteiger partial charge in [-0.25, -0.2) is 4.90 Å². The number of ether oxygens (including phenoxy) is 2. The molecule has 0 aromatic heterocycles. The average Bonchev–Trinajstić information content (AvgIpc) is 3.12. The fourth-order valence-corrected chi connectivity index (χ4v) is 4.35. The maximum atomic E-state index is 12.8. The molecule has 1 aromatic carbocycles. The summed E-state index contributed by atoms with van der Waals surface area (Å²) in [5.74, 6) is 1.19. The average molecular weight is 297 g/mol. The third kappa shape index (κ3) is 1.43. The summed E-state index contributed by atoms with van der Waals surface area (Å²) in [6.45, 7) is 0.181. The standard InChI is InChI=1S/C17H15NO4/c19-16-14-9-1-2-10(4-3-9)15(14)17(20)18(16)11-5-6-12-13(7-11)22-8-21-12/h1-2,5-7,9-10,14-15H,3-4,8H2/t9-,10-,14-,15-/m1/s1. The van der Waals surface area contributed by atoms with Crippen molar-refractivity contribution in [2.24, 2.45) is 23.7 Å². The Morgan fingerprint density at radius 1 is 0.909 bits per heavy atom. The first kappa shape index (κ1) is 12.3. The lowest BCUT2D eigenvalue weighted by Gasteiger charge is -2.38. The summed E-state index contributed by atoms with van der Waals surface area (Å²) in [4.78, 5) is 27.0. The van der Waals surface area contributed by atoms with Gasteiger partial charge in [0.2, 0.25) is 18.6 Å². The van der Waals surface area contributed by atoms with Gasteiger partial charge in [0.15, 0.2) is 11.5 Å². The van der Waals surface area contributed by atoms with Gasteiger partial charge in [0, 0.05) is 6.07 Å². The minimum Gasteiger partial charge on any atom is -0.454 e. The molecule has 2 heterocycles. The number of rotatable bonds is 1. The molecule has 2 bridgehead atoms. The van der Waals surface area contributed by atoms with Crippen LogP contribution < -0.4 is 14.4 Å². The highest BCUT2D eigenvalue weighted by Crippen LogP contribution is 2.51. The molecule has 5 nitrogen and oxygen atoms in total. The Hall–Kier alpha value is -2.30. The summed E-state index contributed by atoms with van der Waals surface area (Å²) in [5, 5.41) is 0. The van der Waals surface area contributed by atoms with Crippen LogP contribution in [0.15, 0.2) is 30.4 Å². The molecule has 5 heteroatoms. The Balaban J connectivity index is 1.56. The van der Waals surface area contributed by atoms with E-state index in [-0.39, 0.29) is 42.3 Å². The summed E-state index contributed by atoms with van der Waals surface area (Å²) in [5.41, 5.74) is 0.591. The van der Waals surface area contributed by atoms with Crippen LogP contribution in [-0.2, 0) is 9.59 Å². The van der Waals surface area contributed by atoms with E-state index in [1.165, 1.54) is 4.90 Å². The van der Waals surface area contributed by atoms with Crippen LogP contribution in [0.1, 0.15) is 12.8 Å². The second-order valence-electron chi connectivity index (χ2n) is 6.39. The van der Waals surface area contributed by atoms with E-state index in [2.05, 4.69) is 12.2 Å². The molecule has 0 radical (unpaired) electrons. The molecule has 5 aliphatic rings. The molecule has 2 aliphatic heterocycles. The number of allylic oxidation sites excluding steroid dienone is 2. The van der Waals surface area contributed by atoms with Crippen LogP contribution >= 0.6 is 0 Å². The predicted octanol–water partition coefficient (Wildman–Crippen LogP) is 2.12. The molecule has 1 aromatic rings. The maximum absolute atomic E-state index is 12.8. The largest absolute Gasteiger partial charge is 0.454 e. The van der Waals surface area contributed by atoms with Gasteiger partial charge in [0.05, 0.1) is 17.5 Å². The third-order valence-electron chi connectivity index (χ3n) is 5.37. The van der Waals surface area contributed by atoms with Gasteiger partial charge in [-0.1, -0.05) is 12.2 Å². The molecule has 2 amide bonds. The first-order valence-corrected chi connectivity index (χ1v) is 7.70. The summed E-state index contributed by atoms with van der Waals surface area (Å²) in [6.07, 6.45) is 6.28. The Morgan fingerprint density at radius 2 is 1.55 bits per heavy atom. The van der Waals surface area contributed by atoms with Crippen LogP contribution in [0, 0.1) is 23.7 Å². The lowest BCUT2D eigenvalue weighted by Crippen LogP contribution is -2.38. The SMILES string of the molecule is O=C1[C@H]2[C@H](C(=O)N1c1ccc3c(c1)OCO3)[C@@H]1C=C[C@@H]2CC1. The van der Waals surface area contributed by atoms with Crippen LogP contribution in [0.2, 0.25) is 0 Å². The molecule has 22 heavy (non-hydrogen) atoms. The molecule has 0 N–H and O–H groups in total. The van der Waals surface area contributed by atoms with E-state index in [9.17, 15) is 9.59 Å². The number of nitrogens with zero attached hydrogens (tertiary/aromatic N) is 1. The molecule has 1 saturated heterocycles. The molecule has 112 valence electrons. The number of benzene rings is 1. The number of carbonyl (C=O) groups is 2. The zero-order valence-electron chi connectivity index (χ0n) is 11.9. The Kier molecular flexibility index (Phi) is 2.30. The van der Waals surface area contributed by atoms with Crippen molar-refractivity contribution >= 4 is 17.5 Å². The third-order valence-corrected chi connectivity index (χ3v) is 5.37. The number of hydrogen-bond acceptors (Lipinski definition) is 4. The van der Waals surface area contributed by atoms with Crippen molar-refractivity contribution in [3.63, 3.8) is 0 Å². The summed E-state index contributed by atoms with van der Waals surface area (Å²) >= 11 is 0. The molecule has 3 aliphatic carbocycles. The quantitative estimate of drug-likeness (QED) is 0.588. The molecule has 0 spiro atoms. The Labute approximate surface area is 127 Å². The van der Waals surface area contributed by atoms with Gasteiger partial charge >= 0.3 is 0 Å². The van der Waals surface area contributed by atoms with E-state index in [1.54, 1.807) is 18.2 Å². The number of amides is 2. The lowest BCUT2D eigenvalue weighted by molar-refractivity contribution is -0.124. The zero-order valence-corrected chi connectivity index (χ0v) is 11.9. The van der Waals surface area contributed by atoms with Crippen molar-refractivity contribution in [3.05, 3.63) is 30.4 Å². The van der Waals surface area contributed by atoms with Gasteiger partial charge in [-0.15, -0.1) is 0 Å². The van der Waals surface area contributed by atoms with Crippen molar-refractivity contribution in [3.8, 4) is 11.5 Å². The number of hydrogen-bond donors (Lipinski definition) is 0. The van der Waals surface area contributed by atoms with Gasteiger partial charge < -0.3 is 9.47 Å². The highest BCUT2D eigenvalue weighted by atomic mass is 16.7. The maximum Gasteiger partial charge on any atom is 0.238 e. The molecule has 0 unspecified atom stereocenters. The topological polar surface area (TPSA) is 55.8 Å². The first-order chi connectivity index (χ1) is 10.7. The van der Waals surface area contributed by atoms with Crippen LogP contribution in [0.25, 0.3) is 0 Å². The zero-order chi connectivity index (χ0) is 14.8. The molecule has 4 atom stereocenters. The van der Waals surface area contributed by atoms with Crippen LogP contribution in [0.3, 0.4) is 0 Å². The predicted molar refractivity (Wildman–Crippen MR) is 77.4 cm³/mol. The van der Waals surface area contributed by atoms with E-state index in [1.807, 2.05) is 0 Å². The smallest absolute Gasteiger partial charge is 0.238 e. The monoisotopic (exact) mass is 297 g/mol. The van der Waals surface area contributed by atoms with E-state index in [0.29, 0.717) is 17.2 Å². The summed E-state index contributed by atoms with van der Waals surface area (Å²) in [7, 11) is 0. The Bertz CT molecular complexity index is 693. The highest BCUT2D eigenvalue weighted by Gasteiger charge is 2.56. The van der Waals surface area contributed by atoms with Crippen molar-refractivity contribution in [1.82, 2.24) is 0 Å². The second-order valence-corrected chi connectivity index (χ2v) is 6.39. The number of fused-ring (bicyclic) bond motifs is 2. The molecule has 6 rings (SSSR count). The minimum atomic E-state index is -0.179. The fourth-order valence-electron chi connectivity index (χ4n) is 4.35. The van der Waals surface area contributed by atoms with Crippen molar-refractivity contribution < 1.29 is 19.1 Å². The summed E-state index contributed by atoms with van der Waals surface area (Å²) < 4.78 is 10.6. The second kappa shape index (κ2) is 4.12. The Morgan fingerprint density at radius 3 is 2.18 bits per heavy atom. The summed E-state index contributed by atoms with van der Waals surface area (Å²) in [6, 6.07) is 5.24. The highest BCUT2D eigenvalue weighted by molar-refractivity contribution is 6.22. The fraction of sp³-hybridized carbons (Fsp3) is 0.412. The van der Waals surface area contributed by atoms with Crippen LogP contribution in [0.4, 0.5) is 5.69 Å². The van der Waals surface area contributed by atoms with Crippen LogP contribution in [0.5, 0.6) is 11.5 Å². The van der Waals surface area contributed by atoms with Gasteiger partial charge in [-0.05, 0) is 36.8 Å². The molecule has 2 fully saturated rings. The lowest BCUT2D eigenvalue weighted by atomic mass is 9.63. The van der Waals surface area contributed by atoms with E-state index < -0.39 is 0 Å². The number of carbonyl (C=O) groups excluding carboxylic acids is 2. The van der Waals surface area contributed by atoms with Gasteiger partial charge in [0.1, 0.15) is 0 Å². The first-order valence-electron chi connectivity index (χ1n) is 7.70. The molecule has 1 saturated carbocycles. The van der Waals surface area contributed by atoms with Gasteiger partial charge in [0.25, 0.3) is 0 Å². The van der Waals surface area contributed by atoms with Crippen molar-refractivity contribution in [2.75, 3.05) is 11.7 Å². The number of anilines is 1. The van der Waals surface area contributed by atoms with Gasteiger partial charge in [-0.3, -0.25) is 9.59 Å². The molecular weight excluding hydrogens is 282 g/mol. The van der Waals surface area contributed by atoms with Crippen molar-refractivity contribution in [1.29, 1.82) is 0 Å². The molecular formula is C17H15NO4. The van der Waals surface area contributed by atoms with Crippen molar-refractivity contribution in [2.45, 2.75) is 12.8 Å². The number of imide groups is 1. The van der Waals surface area contributed by atoms with E-state index >= 15 is 0 Å². The van der Waals surface area contributed by atoms with E-state index in [4.69, 9.17) is 9.47 Å². The normalized spacial score (nSPS) is 34.5. The van der Waals surface area contributed by atoms with Crippen LogP contribution in [-0.4, -0.2) is 18.6 Å².